The van der Waals surface area contributed by atoms with Crippen molar-refractivity contribution >= 4 is 22.8 Å². The fourth-order valence-corrected chi connectivity index (χ4v) is 2.15. The molecular weight excluding hydrogens is 337 g/mol. The molecule has 0 radical (unpaired) electrons. The number of para-hydroxylation sites is 1. The largest absolute Gasteiger partial charge is 0.462 e. The van der Waals surface area contributed by atoms with E-state index in [9.17, 15) is 22.8 Å². The zero-order chi connectivity index (χ0) is 17.2. The number of alkyl halides is 3. The number of ether oxygens (including phenoxy) is 1. The first-order chi connectivity index (χ1) is 10.8. The Labute approximate surface area is 133 Å². The van der Waals surface area contributed by atoms with E-state index in [1.165, 1.54) is 31.2 Å². The van der Waals surface area contributed by atoms with E-state index in [1.807, 2.05) is 0 Å². The lowest BCUT2D eigenvalue weighted by Gasteiger charge is -2.13. The Morgan fingerprint density at radius 2 is 1.91 bits per heavy atom. The summed E-state index contributed by atoms with van der Waals surface area (Å²) in [4.78, 5) is 23.1. The maximum atomic E-state index is 13.4. The first-order valence-electron chi connectivity index (χ1n) is 6.39. The molecule has 0 aliphatic carbocycles. The summed E-state index contributed by atoms with van der Waals surface area (Å²) in [5.74, 6) is -1.15. The standard InChI is InChI=1S/C14H10ClF3N2O3/c1-2-23-13(22)9-7-19-20(11(9)14(16,17)18)10-6-4-3-5-8(10)12(15)21/h3-7H,2H2,1H3. The second-order valence-corrected chi connectivity index (χ2v) is 4.67. The van der Waals surface area contributed by atoms with Gasteiger partial charge in [0.2, 0.25) is 0 Å². The van der Waals surface area contributed by atoms with Crippen molar-refractivity contribution in [3.05, 3.63) is 47.3 Å². The van der Waals surface area contributed by atoms with Gasteiger partial charge in [0.15, 0.2) is 5.69 Å². The lowest BCUT2D eigenvalue weighted by atomic mass is 10.1. The molecule has 122 valence electrons. The molecule has 0 unspecified atom stereocenters. The van der Waals surface area contributed by atoms with Gasteiger partial charge in [-0.05, 0) is 30.7 Å². The van der Waals surface area contributed by atoms with Crippen molar-refractivity contribution in [3.63, 3.8) is 0 Å². The SMILES string of the molecule is CCOC(=O)c1cnn(-c2ccccc2C(=O)Cl)c1C(F)(F)F. The molecule has 0 bridgehead atoms. The van der Waals surface area contributed by atoms with Crippen molar-refractivity contribution < 1.29 is 27.5 Å². The van der Waals surface area contributed by atoms with Crippen LogP contribution in [0.1, 0.15) is 33.3 Å². The van der Waals surface area contributed by atoms with Gasteiger partial charge in [0.1, 0.15) is 5.56 Å². The Hall–Kier alpha value is -2.35. The Kier molecular flexibility index (Phi) is 4.74. The molecule has 1 heterocycles. The number of carbonyl (C=O) groups excluding carboxylic acids is 2. The van der Waals surface area contributed by atoms with Crippen molar-refractivity contribution in [2.45, 2.75) is 13.1 Å². The number of carbonyl (C=O) groups is 2. The monoisotopic (exact) mass is 346 g/mol. The fourth-order valence-electron chi connectivity index (χ4n) is 1.99. The van der Waals surface area contributed by atoms with Gasteiger partial charge in [-0.2, -0.15) is 18.3 Å². The fraction of sp³-hybridized carbons (Fsp3) is 0.214. The van der Waals surface area contributed by atoms with Crippen molar-refractivity contribution in [2.24, 2.45) is 0 Å². The van der Waals surface area contributed by atoms with E-state index in [0.29, 0.717) is 4.68 Å². The molecule has 0 atom stereocenters. The topological polar surface area (TPSA) is 61.2 Å². The number of nitrogens with zero attached hydrogens (tertiary/aromatic N) is 2. The first kappa shape index (κ1) is 17.0. The summed E-state index contributed by atoms with van der Waals surface area (Å²) in [6.07, 6.45) is -4.14. The number of esters is 1. The number of rotatable bonds is 4. The van der Waals surface area contributed by atoms with Gasteiger partial charge in [0.25, 0.3) is 5.24 Å². The minimum atomic E-state index is -4.89. The molecular formula is C14H10ClF3N2O3. The van der Waals surface area contributed by atoms with E-state index in [2.05, 4.69) is 9.84 Å². The Morgan fingerprint density at radius 1 is 1.26 bits per heavy atom. The molecule has 0 fully saturated rings. The van der Waals surface area contributed by atoms with Gasteiger partial charge in [0, 0.05) is 0 Å². The van der Waals surface area contributed by atoms with Gasteiger partial charge < -0.3 is 4.74 Å². The molecule has 9 heteroatoms. The summed E-state index contributed by atoms with van der Waals surface area (Å²) in [5.41, 5.74) is -2.42. The zero-order valence-electron chi connectivity index (χ0n) is 11.7. The van der Waals surface area contributed by atoms with Crippen LogP contribution in [0.15, 0.2) is 30.5 Å². The predicted octanol–water partition coefficient (Wildman–Crippen LogP) is 3.45. The van der Waals surface area contributed by atoms with Crippen LogP contribution in [0, 0.1) is 0 Å². The van der Waals surface area contributed by atoms with Gasteiger partial charge in [-0.25, -0.2) is 9.48 Å². The van der Waals surface area contributed by atoms with Gasteiger partial charge in [-0.3, -0.25) is 4.79 Å². The maximum absolute atomic E-state index is 13.4. The highest BCUT2D eigenvalue weighted by Gasteiger charge is 2.41. The molecule has 0 spiro atoms. The summed E-state index contributed by atoms with van der Waals surface area (Å²) < 4.78 is 45.2. The average Bonchev–Trinajstić information content (AvgIpc) is 2.92. The predicted molar refractivity (Wildman–Crippen MR) is 74.7 cm³/mol. The molecule has 0 N–H and O–H groups in total. The summed E-state index contributed by atoms with van der Waals surface area (Å²) in [6, 6.07) is 5.37. The molecule has 5 nitrogen and oxygen atoms in total. The van der Waals surface area contributed by atoms with Crippen LogP contribution >= 0.6 is 11.6 Å². The Bertz CT molecular complexity index is 756. The van der Waals surface area contributed by atoms with Gasteiger partial charge in [-0.15, -0.1) is 0 Å². The lowest BCUT2D eigenvalue weighted by molar-refractivity contribution is -0.143. The number of hydrogen-bond acceptors (Lipinski definition) is 4. The van der Waals surface area contributed by atoms with Crippen LogP contribution < -0.4 is 0 Å². The third-order valence-corrected chi connectivity index (χ3v) is 3.08. The molecule has 1 aromatic heterocycles. The molecule has 2 rings (SSSR count). The van der Waals surface area contributed by atoms with Crippen LogP contribution in [0.4, 0.5) is 13.2 Å². The van der Waals surface area contributed by atoms with Crippen LogP contribution in [-0.2, 0) is 10.9 Å². The highest BCUT2D eigenvalue weighted by molar-refractivity contribution is 6.68. The molecule has 23 heavy (non-hydrogen) atoms. The smallest absolute Gasteiger partial charge is 0.434 e. The van der Waals surface area contributed by atoms with E-state index in [1.54, 1.807) is 0 Å². The Morgan fingerprint density at radius 3 is 2.48 bits per heavy atom. The second kappa shape index (κ2) is 6.41. The van der Waals surface area contributed by atoms with Crippen molar-refractivity contribution in [3.8, 4) is 5.69 Å². The molecule has 0 saturated carbocycles. The van der Waals surface area contributed by atoms with Crippen LogP contribution in [-0.4, -0.2) is 27.6 Å². The number of aromatic nitrogens is 2. The summed E-state index contributed by atoms with van der Waals surface area (Å²) in [7, 11) is 0. The summed E-state index contributed by atoms with van der Waals surface area (Å²) in [6.45, 7) is 1.38. The van der Waals surface area contributed by atoms with Gasteiger partial charge in [-0.1, -0.05) is 12.1 Å². The molecule has 2 aromatic rings. The van der Waals surface area contributed by atoms with Crippen molar-refractivity contribution in [2.75, 3.05) is 6.61 Å². The molecule has 0 amide bonds. The minimum Gasteiger partial charge on any atom is -0.462 e. The number of hydrogen-bond donors (Lipinski definition) is 0. The van der Waals surface area contributed by atoms with Gasteiger partial charge >= 0.3 is 12.1 Å². The number of halogens is 4. The molecule has 0 aliphatic heterocycles. The van der Waals surface area contributed by atoms with Crippen molar-refractivity contribution in [1.29, 1.82) is 0 Å². The average molecular weight is 347 g/mol. The Balaban J connectivity index is 2.70. The molecule has 0 aliphatic rings. The van der Waals surface area contributed by atoms with Gasteiger partial charge in [0.05, 0.1) is 24.1 Å². The highest BCUT2D eigenvalue weighted by atomic mass is 35.5. The molecule has 1 aromatic carbocycles. The van der Waals surface area contributed by atoms with E-state index in [4.69, 9.17) is 11.6 Å². The van der Waals surface area contributed by atoms with E-state index in [0.717, 1.165) is 6.20 Å². The first-order valence-corrected chi connectivity index (χ1v) is 6.76. The quantitative estimate of drug-likeness (QED) is 0.628. The van der Waals surface area contributed by atoms with Crippen LogP contribution in [0.2, 0.25) is 0 Å². The third kappa shape index (κ3) is 3.37. The van der Waals surface area contributed by atoms with Crippen LogP contribution in [0.5, 0.6) is 0 Å². The maximum Gasteiger partial charge on any atom is 0.434 e. The normalized spacial score (nSPS) is 11.3. The summed E-state index contributed by atoms with van der Waals surface area (Å²) in [5, 5.41) is 2.64. The van der Waals surface area contributed by atoms with E-state index < -0.39 is 28.6 Å². The lowest BCUT2D eigenvalue weighted by Crippen LogP contribution is -2.19. The van der Waals surface area contributed by atoms with Crippen LogP contribution in [0.3, 0.4) is 0 Å². The van der Waals surface area contributed by atoms with Crippen molar-refractivity contribution in [1.82, 2.24) is 9.78 Å². The minimum absolute atomic E-state index is 0.0853. The summed E-state index contributed by atoms with van der Waals surface area (Å²) >= 11 is 5.39. The van der Waals surface area contributed by atoms with Crippen LogP contribution in [0.25, 0.3) is 5.69 Å². The zero-order valence-corrected chi connectivity index (χ0v) is 12.5. The van der Waals surface area contributed by atoms with E-state index >= 15 is 0 Å². The second-order valence-electron chi connectivity index (χ2n) is 4.33. The number of benzene rings is 1. The van der Waals surface area contributed by atoms with E-state index in [-0.39, 0.29) is 17.9 Å². The third-order valence-electron chi connectivity index (χ3n) is 2.88. The highest BCUT2D eigenvalue weighted by Crippen LogP contribution is 2.34. The molecule has 0 saturated heterocycles.